The number of hydrogen-bond donors (Lipinski definition) is 0. The molecular formula is C19H25N5O3. The lowest BCUT2D eigenvalue weighted by Gasteiger charge is -2.42. The lowest BCUT2D eigenvalue weighted by Crippen LogP contribution is -2.51. The molecule has 2 aromatic rings. The molecule has 0 atom stereocenters. The Morgan fingerprint density at radius 3 is 2.63 bits per heavy atom. The van der Waals surface area contributed by atoms with E-state index in [1.165, 1.54) is 32.5 Å². The Labute approximate surface area is 158 Å². The molecule has 0 spiro atoms. The van der Waals surface area contributed by atoms with Gasteiger partial charge in [-0.3, -0.25) is 4.79 Å². The van der Waals surface area contributed by atoms with Gasteiger partial charge in [0.15, 0.2) is 5.52 Å². The van der Waals surface area contributed by atoms with Crippen LogP contribution in [-0.2, 0) is 4.74 Å². The number of anilines is 1. The topological polar surface area (TPSA) is 74.9 Å². The lowest BCUT2D eigenvalue weighted by molar-refractivity contribution is 0.0303. The third-order valence-corrected chi connectivity index (χ3v) is 5.90. The van der Waals surface area contributed by atoms with Crippen molar-refractivity contribution in [2.45, 2.75) is 12.8 Å². The normalized spacial score (nSPS) is 21.8. The molecule has 3 aliphatic rings. The number of nitrogens with zero attached hydrogens (tertiary/aromatic N) is 5. The first kappa shape index (κ1) is 16.9. The zero-order valence-electron chi connectivity index (χ0n) is 15.5. The van der Waals surface area contributed by atoms with Crippen LogP contribution in [0.5, 0.6) is 0 Å². The maximum atomic E-state index is 12.9. The zero-order chi connectivity index (χ0) is 18.2. The van der Waals surface area contributed by atoms with Crippen molar-refractivity contribution in [2.75, 3.05) is 63.9 Å². The molecule has 144 valence electrons. The number of carbonyl (C=O) groups excluding carboxylic acids is 1. The standard InChI is InChI=1S/C19H25N5O3/c25-19(23-5-7-26-8-6-23)15-9-16-18(21-27-20-16)17(10-15)24-12-14(13-24)11-22-3-1-2-4-22/h9-10,14H,1-8,11-13H2. The zero-order valence-corrected chi connectivity index (χ0v) is 15.5. The number of hydrogen-bond acceptors (Lipinski definition) is 7. The minimum atomic E-state index is 0.0265. The number of aromatic nitrogens is 2. The Bertz CT molecular complexity index is 820. The molecule has 0 saturated carbocycles. The highest BCUT2D eigenvalue weighted by atomic mass is 16.6. The van der Waals surface area contributed by atoms with Gasteiger partial charge < -0.3 is 19.4 Å². The Hall–Kier alpha value is -2.19. The maximum Gasteiger partial charge on any atom is 0.254 e. The van der Waals surface area contributed by atoms with Gasteiger partial charge in [-0.25, -0.2) is 4.63 Å². The molecular weight excluding hydrogens is 346 g/mol. The number of benzene rings is 1. The molecule has 4 heterocycles. The fraction of sp³-hybridized carbons (Fsp3) is 0.632. The predicted molar refractivity (Wildman–Crippen MR) is 99.9 cm³/mol. The van der Waals surface area contributed by atoms with Gasteiger partial charge in [0.25, 0.3) is 5.91 Å². The van der Waals surface area contributed by atoms with Crippen molar-refractivity contribution >= 4 is 22.6 Å². The molecule has 8 heteroatoms. The molecule has 0 bridgehead atoms. The van der Waals surface area contributed by atoms with Crippen LogP contribution in [0.25, 0.3) is 11.0 Å². The molecule has 1 amide bonds. The summed E-state index contributed by atoms with van der Waals surface area (Å²) in [6.07, 6.45) is 2.65. The van der Waals surface area contributed by atoms with E-state index in [2.05, 4.69) is 20.1 Å². The summed E-state index contributed by atoms with van der Waals surface area (Å²) in [5.74, 6) is 0.704. The highest BCUT2D eigenvalue weighted by Gasteiger charge is 2.32. The SMILES string of the molecule is O=C(c1cc(N2CC(CN3CCCC3)C2)c2nonc2c1)N1CCOCC1. The third-order valence-electron chi connectivity index (χ3n) is 5.90. The van der Waals surface area contributed by atoms with E-state index in [0.717, 1.165) is 24.3 Å². The average molecular weight is 371 g/mol. The van der Waals surface area contributed by atoms with Crippen molar-refractivity contribution in [3.63, 3.8) is 0 Å². The number of likely N-dealkylation sites (tertiary alicyclic amines) is 1. The summed E-state index contributed by atoms with van der Waals surface area (Å²) in [7, 11) is 0. The summed E-state index contributed by atoms with van der Waals surface area (Å²) in [4.78, 5) is 19.6. The van der Waals surface area contributed by atoms with Gasteiger partial charge in [-0.2, -0.15) is 0 Å². The third kappa shape index (κ3) is 3.27. The number of amides is 1. The van der Waals surface area contributed by atoms with Crippen LogP contribution < -0.4 is 4.90 Å². The van der Waals surface area contributed by atoms with Gasteiger partial charge >= 0.3 is 0 Å². The van der Waals surface area contributed by atoms with Crippen molar-refractivity contribution in [3.8, 4) is 0 Å². The first-order valence-corrected chi connectivity index (χ1v) is 9.88. The van der Waals surface area contributed by atoms with Crippen molar-refractivity contribution in [1.82, 2.24) is 20.1 Å². The number of carbonyl (C=O) groups is 1. The fourth-order valence-corrected chi connectivity index (χ4v) is 4.40. The monoisotopic (exact) mass is 371 g/mol. The molecule has 0 aliphatic carbocycles. The Morgan fingerprint density at radius 1 is 1.07 bits per heavy atom. The molecule has 0 unspecified atom stereocenters. The number of morpholine rings is 1. The van der Waals surface area contributed by atoms with Gasteiger partial charge in [-0.1, -0.05) is 0 Å². The smallest absolute Gasteiger partial charge is 0.254 e. The molecule has 1 aromatic carbocycles. The summed E-state index contributed by atoms with van der Waals surface area (Å²) in [5.41, 5.74) is 3.00. The van der Waals surface area contributed by atoms with Gasteiger partial charge in [-0.15, -0.1) is 0 Å². The van der Waals surface area contributed by atoms with Crippen LogP contribution in [0.2, 0.25) is 0 Å². The van der Waals surface area contributed by atoms with E-state index in [0.29, 0.717) is 43.3 Å². The molecule has 3 aliphatic heterocycles. The second-order valence-corrected chi connectivity index (χ2v) is 7.81. The molecule has 8 nitrogen and oxygen atoms in total. The van der Waals surface area contributed by atoms with Crippen molar-refractivity contribution in [2.24, 2.45) is 5.92 Å². The molecule has 27 heavy (non-hydrogen) atoms. The van der Waals surface area contributed by atoms with Crippen LogP contribution in [0.15, 0.2) is 16.8 Å². The maximum absolute atomic E-state index is 12.9. The number of ether oxygens (including phenoxy) is 1. The van der Waals surface area contributed by atoms with E-state index in [-0.39, 0.29) is 5.91 Å². The van der Waals surface area contributed by atoms with Gasteiger partial charge in [0.05, 0.1) is 18.9 Å². The molecule has 0 N–H and O–H groups in total. The van der Waals surface area contributed by atoms with Crippen LogP contribution in [-0.4, -0.2) is 85.0 Å². The quantitative estimate of drug-likeness (QED) is 0.800. The van der Waals surface area contributed by atoms with Gasteiger partial charge in [0.1, 0.15) is 5.52 Å². The minimum absolute atomic E-state index is 0.0265. The van der Waals surface area contributed by atoms with Crippen molar-refractivity contribution < 1.29 is 14.2 Å². The predicted octanol–water partition coefficient (Wildman–Crippen LogP) is 1.23. The summed E-state index contributed by atoms with van der Waals surface area (Å²) < 4.78 is 10.3. The van der Waals surface area contributed by atoms with Crippen LogP contribution in [0.4, 0.5) is 5.69 Å². The summed E-state index contributed by atoms with van der Waals surface area (Å²) in [6.45, 7) is 8.07. The highest BCUT2D eigenvalue weighted by molar-refractivity contribution is 6.01. The van der Waals surface area contributed by atoms with Gasteiger partial charge in [-0.05, 0) is 48.4 Å². The Kier molecular flexibility index (Phi) is 4.45. The average Bonchev–Trinajstić information content (AvgIpc) is 3.35. The first-order valence-electron chi connectivity index (χ1n) is 9.88. The molecule has 3 fully saturated rings. The van der Waals surface area contributed by atoms with E-state index in [4.69, 9.17) is 9.37 Å². The van der Waals surface area contributed by atoms with Crippen LogP contribution in [0.3, 0.4) is 0 Å². The van der Waals surface area contributed by atoms with Crippen molar-refractivity contribution in [1.29, 1.82) is 0 Å². The van der Waals surface area contributed by atoms with Gasteiger partial charge in [0.2, 0.25) is 0 Å². The summed E-state index contributed by atoms with van der Waals surface area (Å²) >= 11 is 0. The van der Waals surface area contributed by atoms with E-state index < -0.39 is 0 Å². The van der Waals surface area contributed by atoms with E-state index in [1.807, 2.05) is 11.0 Å². The Morgan fingerprint density at radius 2 is 1.85 bits per heavy atom. The van der Waals surface area contributed by atoms with Crippen molar-refractivity contribution in [3.05, 3.63) is 17.7 Å². The van der Waals surface area contributed by atoms with E-state index in [1.54, 1.807) is 6.07 Å². The van der Waals surface area contributed by atoms with E-state index >= 15 is 0 Å². The van der Waals surface area contributed by atoms with Crippen LogP contribution >= 0.6 is 0 Å². The minimum Gasteiger partial charge on any atom is -0.378 e. The molecule has 5 rings (SSSR count). The number of fused-ring (bicyclic) bond motifs is 1. The Balaban J connectivity index is 1.34. The fourth-order valence-electron chi connectivity index (χ4n) is 4.40. The van der Waals surface area contributed by atoms with Crippen LogP contribution in [0, 0.1) is 5.92 Å². The summed E-state index contributed by atoms with van der Waals surface area (Å²) in [6, 6.07) is 3.74. The second kappa shape index (κ2) is 7.09. The first-order chi connectivity index (χ1) is 13.3. The molecule has 1 aromatic heterocycles. The van der Waals surface area contributed by atoms with E-state index in [9.17, 15) is 4.79 Å². The van der Waals surface area contributed by atoms with Gasteiger partial charge in [0, 0.05) is 44.2 Å². The second-order valence-electron chi connectivity index (χ2n) is 7.81. The lowest BCUT2D eigenvalue weighted by atomic mass is 9.97. The summed E-state index contributed by atoms with van der Waals surface area (Å²) in [5, 5.41) is 8.07. The molecule has 0 radical (unpaired) electrons. The largest absolute Gasteiger partial charge is 0.378 e. The number of rotatable bonds is 4. The highest BCUT2D eigenvalue weighted by Crippen LogP contribution is 2.32. The molecule has 3 saturated heterocycles. The van der Waals surface area contributed by atoms with Crippen LogP contribution in [0.1, 0.15) is 23.2 Å².